The number of carbonyl (C=O) groups excluding carboxylic acids is 1. The molecule has 0 aliphatic carbocycles. The van der Waals surface area contributed by atoms with Crippen molar-refractivity contribution in [1.82, 2.24) is 15.5 Å². The summed E-state index contributed by atoms with van der Waals surface area (Å²) in [4.78, 5) is 22.3. The molecule has 0 fully saturated rings. The van der Waals surface area contributed by atoms with Crippen LogP contribution in [0, 0.1) is 0 Å². The molecule has 16 heavy (non-hydrogen) atoms. The van der Waals surface area contributed by atoms with Crippen LogP contribution in [-0.4, -0.2) is 28.2 Å². The van der Waals surface area contributed by atoms with Crippen LogP contribution in [-0.2, 0) is 4.79 Å². The van der Waals surface area contributed by atoms with Crippen molar-refractivity contribution < 1.29 is 4.79 Å². The smallest absolute Gasteiger partial charge is 0.266 e. The lowest BCUT2D eigenvalue weighted by Gasteiger charge is -2.20. The molecule has 0 saturated heterocycles. The van der Waals surface area contributed by atoms with Crippen LogP contribution in [0.5, 0.6) is 0 Å². The van der Waals surface area contributed by atoms with Crippen molar-refractivity contribution in [2.24, 2.45) is 0 Å². The Bertz CT molecular complexity index is 419. The Morgan fingerprint density at radius 2 is 2.19 bits per heavy atom. The summed E-state index contributed by atoms with van der Waals surface area (Å²) in [6.45, 7) is 5.82. The number of H-pyrrole nitrogens is 1. The van der Waals surface area contributed by atoms with Gasteiger partial charge in [-0.3, -0.25) is 9.59 Å². The quantitative estimate of drug-likeness (QED) is 0.679. The maximum absolute atomic E-state index is 11.4. The van der Waals surface area contributed by atoms with E-state index in [4.69, 9.17) is 0 Å². The summed E-state index contributed by atoms with van der Waals surface area (Å²) in [5, 5.41) is 11.5. The molecule has 0 aromatic carbocycles. The van der Waals surface area contributed by atoms with Crippen molar-refractivity contribution in [3.63, 3.8) is 0 Å². The molecule has 0 bridgehead atoms. The number of rotatable bonds is 3. The van der Waals surface area contributed by atoms with Crippen molar-refractivity contribution >= 4 is 11.6 Å². The lowest BCUT2D eigenvalue weighted by Crippen LogP contribution is -2.43. The average Bonchev–Trinajstić information content (AvgIpc) is 2.12. The first-order chi connectivity index (χ1) is 7.37. The van der Waals surface area contributed by atoms with Gasteiger partial charge < -0.3 is 10.6 Å². The van der Waals surface area contributed by atoms with Crippen molar-refractivity contribution in [3.8, 4) is 0 Å². The minimum absolute atomic E-state index is 0.113. The average molecular weight is 224 g/mol. The number of hydrogen-bond acceptors (Lipinski definition) is 4. The number of aromatic amines is 1. The number of nitrogens with one attached hydrogen (secondary N) is 3. The molecule has 0 radical (unpaired) electrons. The van der Waals surface area contributed by atoms with Crippen LogP contribution in [0.15, 0.2) is 17.1 Å². The maximum Gasteiger partial charge on any atom is 0.266 e. The molecular formula is C10H16N4O2. The van der Waals surface area contributed by atoms with Crippen molar-refractivity contribution in [2.75, 3.05) is 11.9 Å². The molecule has 3 N–H and O–H groups in total. The molecule has 1 aromatic rings. The Balaban J connectivity index is 2.46. The number of amides is 1. The van der Waals surface area contributed by atoms with Crippen LogP contribution in [0.2, 0.25) is 0 Å². The lowest BCUT2D eigenvalue weighted by atomic mass is 10.1. The molecule has 0 atom stereocenters. The van der Waals surface area contributed by atoms with E-state index in [1.165, 1.54) is 12.3 Å². The summed E-state index contributed by atoms with van der Waals surface area (Å²) in [5.74, 6) is -0.132. The molecule has 6 nitrogen and oxygen atoms in total. The lowest BCUT2D eigenvalue weighted by molar-refractivity contribution is -0.120. The second-order valence-corrected chi connectivity index (χ2v) is 4.49. The van der Waals surface area contributed by atoms with Gasteiger partial charge in [0, 0.05) is 11.6 Å². The van der Waals surface area contributed by atoms with Gasteiger partial charge in [-0.2, -0.15) is 5.10 Å². The molecule has 1 aromatic heterocycles. The predicted molar refractivity (Wildman–Crippen MR) is 61.2 cm³/mol. The van der Waals surface area contributed by atoms with E-state index in [9.17, 15) is 9.59 Å². The Morgan fingerprint density at radius 3 is 2.75 bits per heavy atom. The third-order valence-corrected chi connectivity index (χ3v) is 1.63. The zero-order chi connectivity index (χ0) is 12.2. The summed E-state index contributed by atoms with van der Waals surface area (Å²) in [7, 11) is 0. The summed E-state index contributed by atoms with van der Waals surface area (Å²) < 4.78 is 0. The summed E-state index contributed by atoms with van der Waals surface area (Å²) in [5.41, 5.74) is -0.0421. The van der Waals surface area contributed by atoms with E-state index in [1.807, 2.05) is 20.8 Å². The highest BCUT2D eigenvalue weighted by molar-refractivity contribution is 5.81. The fourth-order valence-electron chi connectivity index (χ4n) is 1.12. The standard InChI is InChI=1S/C10H16N4O2/c1-10(2,3)13-9(16)6-11-7-4-8(15)14-12-5-7/h4-5H,6H2,1-3H3,(H,13,16)(H2,11,14,15). The van der Waals surface area contributed by atoms with Gasteiger partial charge in [0.05, 0.1) is 18.4 Å². The van der Waals surface area contributed by atoms with Gasteiger partial charge in [-0.15, -0.1) is 0 Å². The summed E-state index contributed by atoms with van der Waals surface area (Å²) in [6.07, 6.45) is 1.45. The van der Waals surface area contributed by atoms with Crippen LogP contribution in [0.3, 0.4) is 0 Å². The number of nitrogens with zero attached hydrogens (tertiary/aromatic N) is 1. The molecule has 0 aliphatic heterocycles. The maximum atomic E-state index is 11.4. The van der Waals surface area contributed by atoms with E-state index in [-0.39, 0.29) is 23.6 Å². The van der Waals surface area contributed by atoms with E-state index in [0.717, 1.165) is 0 Å². The number of anilines is 1. The van der Waals surface area contributed by atoms with E-state index in [0.29, 0.717) is 5.69 Å². The molecule has 1 rings (SSSR count). The Morgan fingerprint density at radius 1 is 1.50 bits per heavy atom. The second-order valence-electron chi connectivity index (χ2n) is 4.49. The Labute approximate surface area is 93.5 Å². The zero-order valence-electron chi connectivity index (χ0n) is 9.63. The van der Waals surface area contributed by atoms with Crippen molar-refractivity contribution in [2.45, 2.75) is 26.3 Å². The normalized spacial score (nSPS) is 10.9. The Hall–Kier alpha value is -1.85. The van der Waals surface area contributed by atoms with E-state index < -0.39 is 0 Å². The molecule has 0 unspecified atom stereocenters. The van der Waals surface area contributed by atoms with Gasteiger partial charge in [-0.25, -0.2) is 5.10 Å². The molecule has 0 aliphatic rings. The summed E-state index contributed by atoms with van der Waals surface area (Å²) >= 11 is 0. The van der Waals surface area contributed by atoms with Gasteiger partial charge in [-0.1, -0.05) is 0 Å². The zero-order valence-corrected chi connectivity index (χ0v) is 9.63. The van der Waals surface area contributed by atoms with Crippen LogP contribution in [0.1, 0.15) is 20.8 Å². The third kappa shape index (κ3) is 4.59. The fourth-order valence-corrected chi connectivity index (χ4v) is 1.12. The topological polar surface area (TPSA) is 86.9 Å². The van der Waals surface area contributed by atoms with Crippen LogP contribution in [0.25, 0.3) is 0 Å². The first kappa shape index (κ1) is 12.2. The molecule has 6 heteroatoms. The highest BCUT2D eigenvalue weighted by atomic mass is 16.2. The number of hydrogen-bond donors (Lipinski definition) is 3. The number of aromatic nitrogens is 2. The fraction of sp³-hybridized carbons (Fsp3) is 0.500. The Kier molecular flexibility index (Phi) is 3.65. The highest BCUT2D eigenvalue weighted by Gasteiger charge is 2.12. The number of carbonyl (C=O) groups is 1. The monoisotopic (exact) mass is 224 g/mol. The van der Waals surface area contributed by atoms with Crippen molar-refractivity contribution in [1.29, 1.82) is 0 Å². The van der Waals surface area contributed by atoms with Crippen molar-refractivity contribution in [3.05, 3.63) is 22.6 Å². The van der Waals surface area contributed by atoms with Gasteiger partial charge >= 0.3 is 0 Å². The highest BCUT2D eigenvalue weighted by Crippen LogP contribution is 2.00. The van der Waals surface area contributed by atoms with Gasteiger partial charge in [0.2, 0.25) is 5.91 Å². The molecule has 1 heterocycles. The largest absolute Gasteiger partial charge is 0.375 e. The van der Waals surface area contributed by atoms with Gasteiger partial charge in [-0.05, 0) is 20.8 Å². The van der Waals surface area contributed by atoms with E-state index >= 15 is 0 Å². The first-order valence-electron chi connectivity index (χ1n) is 4.96. The molecule has 1 amide bonds. The van der Waals surface area contributed by atoms with Crippen LogP contribution >= 0.6 is 0 Å². The van der Waals surface area contributed by atoms with Gasteiger partial charge in [0.1, 0.15) is 0 Å². The van der Waals surface area contributed by atoms with Gasteiger partial charge in [0.15, 0.2) is 0 Å². The summed E-state index contributed by atoms with van der Waals surface area (Å²) in [6, 6.07) is 1.34. The second kappa shape index (κ2) is 4.78. The molecule has 0 spiro atoms. The first-order valence-corrected chi connectivity index (χ1v) is 4.96. The van der Waals surface area contributed by atoms with Gasteiger partial charge in [0.25, 0.3) is 5.56 Å². The third-order valence-electron chi connectivity index (χ3n) is 1.63. The van der Waals surface area contributed by atoms with Crippen LogP contribution in [0.4, 0.5) is 5.69 Å². The van der Waals surface area contributed by atoms with E-state index in [2.05, 4.69) is 20.8 Å². The van der Waals surface area contributed by atoms with Crippen LogP contribution < -0.4 is 16.2 Å². The molecule has 88 valence electrons. The minimum atomic E-state index is -0.304. The minimum Gasteiger partial charge on any atom is -0.375 e. The molecule has 0 saturated carbocycles. The van der Waals surface area contributed by atoms with E-state index in [1.54, 1.807) is 0 Å². The SMILES string of the molecule is CC(C)(C)NC(=O)CNc1cn[nH]c(=O)c1. The molecular weight excluding hydrogens is 208 g/mol. The predicted octanol–water partition coefficient (Wildman–Crippen LogP) is 0.0965.